The van der Waals surface area contributed by atoms with E-state index in [9.17, 15) is 14.7 Å². The minimum absolute atomic E-state index is 0.220. The van der Waals surface area contributed by atoms with Crippen LogP contribution in [0.3, 0.4) is 0 Å². The van der Waals surface area contributed by atoms with Crippen LogP contribution in [0.15, 0.2) is 59.5 Å². The van der Waals surface area contributed by atoms with Gasteiger partial charge >= 0.3 is 5.97 Å². The van der Waals surface area contributed by atoms with Crippen LogP contribution in [-0.2, 0) is 13.0 Å². The molecule has 0 radical (unpaired) electrons. The number of benzene rings is 1. The number of carbonyl (C=O) groups is 1. The summed E-state index contributed by atoms with van der Waals surface area (Å²) in [6, 6.07) is 15.6. The average molecular weight is 433 g/mol. The molecule has 0 aliphatic carbocycles. The molecule has 1 atom stereocenters. The number of nitrogens with one attached hydrogen (secondary N) is 2. The first kappa shape index (κ1) is 21.8. The Morgan fingerprint density at radius 2 is 2.06 bits per heavy atom. The molecule has 3 heterocycles. The summed E-state index contributed by atoms with van der Waals surface area (Å²) in [6.45, 7) is 5.70. The van der Waals surface area contributed by atoms with Crippen molar-refractivity contribution in [1.82, 2.24) is 15.3 Å². The van der Waals surface area contributed by atoms with Crippen molar-refractivity contribution in [3.63, 3.8) is 0 Å². The lowest BCUT2D eigenvalue weighted by atomic mass is 10.0. The largest absolute Gasteiger partial charge is 0.477 e. The number of hydrogen-bond donors (Lipinski definition) is 3. The van der Waals surface area contributed by atoms with Gasteiger partial charge in [-0.15, -0.1) is 0 Å². The molecule has 3 N–H and O–H groups in total. The van der Waals surface area contributed by atoms with Crippen LogP contribution in [0.5, 0.6) is 0 Å². The summed E-state index contributed by atoms with van der Waals surface area (Å²) in [5.74, 6) is -0.619. The molecular weight excluding hydrogens is 404 g/mol. The maximum atomic E-state index is 12.2. The molecule has 1 aromatic carbocycles. The Morgan fingerprint density at radius 3 is 2.75 bits per heavy atom. The normalized spacial score (nSPS) is 15.8. The molecule has 0 spiro atoms. The first-order valence-corrected chi connectivity index (χ1v) is 11.0. The van der Waals surface area contributed by atoms with Crippen LogP contribution in [0.1, 0.15) is 35.0 Å². The zero-order valence-electron chi connectivity index (χ0n) is 18.2. The van der Waals surface area contributed by atoms with Gasteiger partial charge in [0.1, 0.15) is 5.56 Å². The first-order valence-electron chi connectivity index (χ1n) is 11.0. The fourth-order valence-corrected chi connectivity index (χ4v) is 4.25. The maximum absolute atomic E-state index is 12.2. The van der Waals surface area contributed by atoms with E-state index in [-0.39, 0.29) is 5.56 Å². The monoisotopic (exact) mass is 432 g/mol. The molecule has 0 amide bonds. The van der Waals surface area contributed by atoms with E-state index in [4.69, 9.17) is 0 Å². The predicted octanol–water partition coefficient (Wildman–Crippen LogP) is 3.31. The zero-order chi connectivity index (χ0) is 22.5. The molecule has 2 aromatic heterocycles. The highest BCUT2D eigenvalue weighted by Crippen LogP contribution is 2.28. The third-order valence-electron chi connectivity index (χ3n) is 6.01. The molecule has 1 fully saturated rings. The van der Waals surface area contributed by atoms with Crippen molar-refractivity contribution in [3.05, 3.63) is 81.9 Å². The summed E-state index contributed by atoms with van der Waals surface area (Å²) in [7, 11) is 0. The number of aromatic nitrogens is 2. The Morgan fingerprint density at radius 1 is 1.25 bits per heavy atom. The molecule has 7 nitrogen and oxygen atoms in total. The molecule has 1 unspecified atom stereocenters. The lowest BCUT2D eigenvalue weighted by Gasteiger charge is -2.19. The van der Waals surface area contributed by atoms with E-state index in [1.807, 2.05) is 43.5 Å². The predicted molar refractivity (Wildman–Crippen MR) is 125 cm³/mol. The van der Waals surface area contributed by atoms with Gasteiger partial charge in [0.05, 0.1) is 11.4 Å². The second-order valence-corrected chi connectivity index (χ2v) is 8.17. The molecule has 3 aromatic rings. The molecule has 1 aliphatic rings. The third kappa shape index (κ3) is 4.89. The van der Waals surface area contributed by atoms with Gasteiger partial charge < -0.3 is 20.3 Å². The van der Waals surface area contributed by atoms with Gasteiger partial charge in [-0.05, 0) is 60.2 Å². The average Bonchev–Trinajstić information content (AvgIpc) is 3.28. The van der Waals surface area contributed by atoms with Crippen LogP contribution in [-0.4, -0.2) is 40.7 Å². The van der Waals surface area contributed by atoms with Crippen LogP contribution in [0.25, 0.3) is 11.3 Å². The molecule has 32 heavy (non-hydrogen) atoms. The topological polar surface area (TPSA) is 98.3 Å². The fourth-order valence-electron chi connectivity index (χ4n) is 4.25. The van der Waals surface area contributed by atoms with Crippen LogP contribution >= 0.6 is 0 Å². The number of hydrogen-bond acceptors (Lipinski definition) is 5. The van der Waals surface area contributed by atoms with Gasteiger partial charge in [-0.2, -0.15) is 0 Å². The molecular formula is C25H28N4O3. The van der Waals surface area contributed by atoms with E-state index in [1.165, 1.54) is 6.07 Å². The van der Waals surface area contributed by atoms with Gasteiger partial charge in [0.25, 0.3) is 5.56 Å². The maximum Gasteiger partial charge on any atom is 0.341 e. The molecule has 7 heteroatoms. The van der Waals surface area contributed by atoms with Crippen molar-refractivity contribution in [2.45, 2.75) is 26.3 Å². The minimum Gasteiger partial charge on any atom is -0.477 e. The number of rotatable bonds is 8. The quantitative estimate of drug-likeness (QED) is 0.505. The Labute approximate surface area is 187 Å². The van der Waals surface area contributed by atoms with Crippen molar-refractivity contribution >= 4 is 11.7 Å². The molecule has 4 rings (SSSR count). The molecule has 1 saturated heterocycles. The number of pyridine rings is 2. The van der Waals surface area contributed by atoms with E-state index in [2.05, 4.69) is 32.3 Å². The molecule has 0 bridgehead atoms. The number of aromatic carboxylic acids is 1. The Kier molecular flexibility index (Phi) is 6.66. The first-order chi connectivity index (χ1) is 15.5. The van der Waals surface area contributed by atoms with Gasteiger partial charge in [0.15, 0.2) is 0 Å². The Bertz CT molecular complexity index is 1130. The van der Waals surface area contributed by atoms with Crippen molar-refractivity contribution in [2.24, 2.45) is 5.92 Å². The van der Waals surface area contributed by atoms with E-state index >= 15 is 0 Å². The SMILES string of the molecule is CCc1cc(C(=O)O)c(=O)[nH]c1-c1ccc(N2CCC(CNCc3ccccn3)C2)cc1. The standard InChI is InChI=1S/C25H28N4O3/c1-2-18-13-22(25(31)32)24(30)28-23(18)19-6-8-21(9-7-19)29-12-10-17(16-29)14-26-15-20-5-3-4-11-27-20/h3-9,11,13,17,26H,2,10,12,14-16H2,1H3,(H,28,30)(H,31,32). The number of carboxylic acid groups (broad SMARTS) is 1. The third-order valence-corrected chi connectivity index (χ3v) is 6.01. The highest BCUT2D eigenvalue weighted by atomic mass is 16.4. The summed E-state index contributed by atoms with van der Waals surface area (Å²) in [6.07, 6.45) is 3.59. The highest BCUT2D eigenvalue weighted by molar-refractivity contribution is 5.88. The van der Waals surface area contributed by atoms with E-state index in [0.717, 1.165) is 55.1 Å². The van der Waals surface area contributed by atoms with Gasteiger partial charge in [-0.1, -0.05) is 25.1 Å². The minimum atomic E-state index is -1.21. The summed E-state index contributed by atoms with van der Waals surface area (Å²) >= 11 is 0. The van der Waals surface area contributed by atoms with Gasteiger partial charge in [0, 0.05) is 38.1 Å². The number of H-pyrrole nitrogens is 1. The van der Waals surface area contributed by atoms with Gasteiger partial charge in [0.2, 0.25) is 0 Å². The van der Waals surface area contributed by atoms with E-state index in [1.54, 1.807) is 0 Å². The summed E-state index contributed by atoms with van der Waals surface area (Å²) in [5.41, 5.74) is 3.80. The summed E-state index contributed by atoms with van der Waals surface area (Å²) in [5, 5.41) is 12.7. The number of carboxylic acids is 1. The summed E-state index contributed by atoms with van der Waals surface area (Å²) < 4.78 is 0. The van der Waals surface area contributed by atoms with Crippen LogP contribution in [0.2, 0.25) is 0 Å². The van der Waals surface area contributed by atoms with Crippen LogP contribution in [0, 0.1) is 5.92 Å². The lowest BCUT2D eigenvalue weighted by molar-refractivity contribution is 0.0695. The highest BCUT2D eigenvalue weighted by Gasteiger charge is 2.22. The van der Waals surface area contributed by atoms with Crippen molar-refractivity contribution in [2.75, 3.05) is 24.5 Å². The molecule has 0 saturated carbocycles. The number of nitrogens with zero attached hydrogens (tertiary/aromatic N) is 2. The number of aromatic amines is 1. The zero-order valence-corrected chi connectivity index (χ0v) is 18.2. The molecule has 166 valence electrons. The van der Waals surface area contributed by atoms with Crippen molar-refractivity contribution in [1.29, 1.82) is 0 Å². The summed E-state index contributed by atoms with van der Waals surface area (Å²) in [4.78, 5) is 32.9. The van der Waals surface area contributed by atoms with E-state index < -0.39 is 11.5 Å². The number of anilines is 1. The second kappa shape index (κ2) is 9.78. The Balaban J connectivity index is 1.39. The van der Waals surface area contributed by atoms with E-state index in [0.29, 0.717) is 18.0 Å². The second-order valence-electron chi connectivity index (χ2n) is 8.17. The van der Waals surface area contributed by atoms with Gasteiger partial charge in [-0.3, -0.25) is 9.78 Å². The lowest BCUT2D eigenvalue weighted by Crippen LogP contribution is -2.26. The van der Waals surface area contributed by atoms with Crippen LogP contribution in [0.4, 0.5) is 5.69 Å². The van der Waals surface area contributed by atoms with Crippen molar-refractivity contribution in [3.8, 4) is 11.3 Å². The van der Waals surface area contributed by atoms with Crippen molar-refractivity contribution < 1.29 is 9.90 Å². The smallest absolute Gasteiger partial charge is 0.341 e. The van der Waals surface area contributed by atoms with Crippen LogP contribution < -0.4 is 15.8 Å². The Hall–Kier alpha value is -3.45. The fraction of sp³-hybridized carbons (Fsp3) is 0.320. The molecule has 1 aliphatic heterocycles. The van der Waals surface area contributed by atoms with Gasteiger partial charge in [-0.25, -0.2) is 4.79 Å². The number of aryl methyl sites for hydroxylation is 1.